The summed E-state index contributed by atoms with van der Waals surface area (Å²) in [5.74, 6) is 1.54. The Morgan fingerprint density at radius 1 is 1.14 bits per heavy atom. The van der Waals surface area contributed by atoms with Crippen molar-refractivity contribution in [3.8, 4) is 0 Å². The van der Waals surface area contributed by atoms with Gasteiger partial charge in [0.1, 0.15) is 0 Å². The Morgan fingerprint density at radius 3 is 2.61 bits per heavy atom. The zero-order valence-corrected chi connectivity index (χ0v) is 17.9. The highest BCUT2D eigenvalue weighted by Crippen LogP contribution is 2.19. The second kappa shape index (κ2) is 10.7. The van der Waals surface area contributed by atoms with Crippen molar-refractivity contribution < 1.29 is 0 Å². The Labute approximate surface area is 171 Å². The fraction of sp³-hybridized carbons (Fsp3) is 0.682. The minimum absolute atomic E-state index is 0.450. The van der Waals surface area contributed by atoms with Crippen LogP contribution in [0.4, 0.5) is 5.69 Å². The number of anilines is 1. The molecule has 6 nitrogen and oxygen atoms in total. The van der Waals surface area contributed by atoms with E-state index in [2.05, 4.69) is 76.6 Å². The lowest BCUT2D eigenvalue weighted by molar-refractivity contribution is 0.140. The molecule has 2 unspecified atom stereocenters. The van der Waals surface area contributed by atoms with E-state index in [4.69, 9.17) is 4.99 Å². The molecule has 2 atom stereocenters. The molecule has 0 saturated carbocycles. The molecule has 0 amide bonds. The van der Waals surface area contributed by atoms with Gasteiger partial charge < -0.3 is 25.3 Å². The first-order valence-corrected chi connectivity index (χ1v) is 10.9. The number of nitrogens with one attached hydrogen (secondary N) is 2. The van der Waals surface area contributed by atoms with E-state index in [1.165, 1.54) is 31.9 Å². The Balaban J connectivity index is 1.46. The SMILES string of the molecule is CCNC(=NCC(C)CN1CCN(C)CC1)NC1CCN(c2ccccc2)C1. The molecular weight excluding hydrogens is 348 g/mol. The molecule has 0 aromatic heterocycles. The van der Waals surface area contributed by atoms with Crippen LogP contribution in [0, 0.1) is 5.92 Å². The Kier molecular flexibility index (Phi) is 7.98. The van der Waals surface area contributed by atoms with Crippen LogP contribution in [0.1, 0.15) is 20.3 Å². The summed E-state index contributed by atoms with van der Waals surface area (Å²) in [6.07, 6.45) is 1.15. The van der Waals surface area contributed by atoms with Gasteiger partial charge in [0.05, 0.1) is 0 Å². The third-order valence-electron chi connectivity index (χ3n) is 5.72. The molecule has 2 fully saturated rings. The summed E-state index contributed by atoms with van der Waals surface area (Å²) in [4.78, 5) is 12.3. The average molecular weight is 387 g/mol. The van der Waals surface area contributed by atoms with E-state index in [-0.39, 0.29) is 0 Å². The van der Waals surface area contributed by atoms with E-state index in [1.54, 1.807) is 0 Å². The summed E-state index contributed by atoms with van der Waals surface area (Å²) in [6, 6.07) is 11.1. The molecule has 1 aromatic rings. The largest absolute Gasteiger partial charge is 0.369 e. The summed E-state index contributed by atoms with van der Waals surface area (Å²) in [6.45, 7) is 14.2. The van der Waals surface area contributed by atoms with Gasteiger partial charge in [0.25, 0.3) is 0 Å². The van der Waals surface area contributed by atoms with Gasteiger partial charge in [0.15, 0.2) is 5.96 Å². The zero-order chi connectivity index (χ0) is 19.8. The van der Waals surface area contributed by atoms with Crippen molar-refractivity contribution in [2.24, 2.45) is 10.9 Å². The van der Waals surface area contributed by atoms with Crippen LogP contribution in [-0.4, -0.2) is 87.8 Å². The average Bonchev–Trinajstić information content (AvgIpc) is 3.17. The van der Waals surface area contributed by atoms with Crippen molar-refractivity contribution in [1.82, 2.24) is 20.4 Å². The van der Waals surface area contributed by atoms with Gasteiger partial charge in [-0.2, -0.15) is 0 Å². The van der Waals surface area contributed by atoms with E-state index >= 15 is 0 Å². The van der Waals surface area contributed by atoms with Gasteiger partial charge in [0, 0.05) is 70.6 Å². The first-order valence-electron chi connectivity index (χ1n) is 10.9. The fourth-order valence-electron chi connectivity index (χ4n) is 4.04. The summed E-state index contributed by atoms with van der Waals surface area (Å²) < 4.78 is 0. The molecule has 1 aromatic carbocycles. The van der Waals surface area contributed by atoms with Crippen molar-refractivity contribution in [3.63, 3.8) is 0 Å². The van der Waals surface area contributed by atoms with E-state index < -0.39 is 0 Å². The van der Waals surface area contributed by atoms with Crippen molar-refractivity contribution >= 4 is 11.6 Å². The Hall–Kier alpha value is -1.79. The number of likely N-dealkylation sites (N-methyl/N-ethyl adjacent to an activating group) is 1. The van der Waals surface area contributed by atoms with Gasteiger partial charge in [-0.05, 0) is 38.4 Å². The molecule has 6 heteroatoms. The van der Waals surface area contributed by atoms with Gasteiger partial charge >= 0.3 is 0 Å². The molecule has 2 aliphatic heterocycles. The number of guanidine groups is 1. The number of hydrogen-bond donors (Lipinski definition) is 2. The molecule has 2 aliphatic rings. The predicted octanol–water partition coefficient (Wildman–Crippen LogP) is 1.70. The van der Waals surface area contributed by atoms with Crippen LogP contribution < -0.4 is 15.5 Å². The first kappa shape index (κ1) is 20.9. The highest BCUT2D eigenvalue weighted by molar-refractivity contribution is 5.80. The first-order chi connectivity index (χ1) is 13.6. The van der Waals surface area contributed by atoms with Crippen LogP contribution in [0.25, 0.3) is 0 Å². The highest BCUT2D eigenvalue weighted by Gasteiger charge is 2.23. The van der Waals surface area contributed by atoms with E-state index in [0.29, 0.717) is 12.0 Å². The monoisotopic (exact) mass is 386 g/mol. The normalized spacial score (nSPS) is 23.0. The Bertz CT molecular complexity index is 596. The number of nitrogens with zero attached hydrogens (tertiary/aromatic N) is 4. The molecule has 28 heavy (non-hydrogen) atoms. The number of piperazine rings is 1. The third-order valence-corrected chi connectivity index (χ3v) is 5.72. The van der Waals surface area contributed by atoms with E-state index in [1.807, 2.05) is 0 Å². The van der Waals surface area contributed by atoms with Crippen LogP contribution in [0.15, 0.2) is 35.3 Å². The predicted molar refractivity (Wildman–Crippen MR) is 119 cm³/mol. The molecular formula is C22H38N6. The van der Waals surface area contributed by atoms with Crippen LogP contribution in [0.2, 0.25) is 0 Å². The maximum Gasteiger partial charge on any atom is 0.191 e. The molecule has 2 N–H and O–H groups in total. The summed E-state index contributed by atoms with van der Waals surface area (Å²) in [5, 5.41) is 7.09. The van der Waals surface area contributed by atoms with Crippen LogP contribution in [-0.2, 0) is 0 Å². The van der Waals surface area contributed by atoms with Gasteiger partial charge in [-0.25, -0.2) is 0 Å². The lowest BCUT2D eigenvalue weighted by Gasteiger charge is -2.33. The van der Waals surface area contributed by atoms with Gasteiger partial charge in [-0.1, -0.05) is 25.1 Å². The van der Waals surface area contributed by atoms with Crippen LogP contribution in [0.5, 0.6) is 0 Å². The lowest BCUT2D eigenvalue weighted by atomic mass is 10.1. The van der Waals surface area contributed by atoms with Gasteiger partial charge in [0.2, 0.25) is 0 Å². The number of para-hydroxylation sites is 1. The van der Waals surface area contributed by atoms with Gasteiger partial charge in [-0.3, -0.25) is 4.99 Å². The van der Waals surface area contributed by atoms with Crippen molar-refractivity contribution in [1.29, 1.82) is 0 Å². The lowest BCUT2D eigenvalue weighted by Crippen LogP contribution is -2.46. The van der Waals surface area contributed by atoms with Gasteiger partial charge in [-0.15, -0.1) is 0 Å². The Morgan fingerprint density at radius 2 is 1.89 bits per heavy atom. The maximum absolute atomic E-state index is 4.89. The molecule has 0 aliphatic carbocycles. The quantitative estimate of drug-likeness (QED) is 0.552. The van der Waals surface area contributed by atoms with E-state index in [9.17, 15) is 0 Å². The van der Waals surface area contributed by atoms with E-state index in [0.717, 1.165) is 45.1 Å². The molecule has 0 radical (unpaired) electrons. The third kappa shape index (κ3) is 6.38. The molecule has 2 heterocycles. The van der Waals surface area contributed by atoms with Crippen molar-refractivity contribution in [2.45, 2.75) is 26.3 Å². The topological polar surface area (TPSA) is 46.1 Å². The minimum atomic E-state index is 0.450. The van der Waals surface area contributed by atoms with Crippen LogP contribution >= 0.6 is 0 Å². The minimum Gasteiger partial charge on any atom is -0.369 e. The second-order valence-corrected chi connectivity index (χ2v) is 8.34. The number of aliphatic imine (C=N–C) groups is 1. The van der Waals surface area contributed by atoms with Crippen LogP contribution in [0.3, 0.4) is 0 Å². The second-order valence-electron chi connectivity index (χ2n) is 8.34. The molecule has 156 valence electrons. The number of benzene rings is 1. The standard InChI is InChI=1S/C22H38N6/c1-4-23-22(24-16-19(2)17-27-14-12-26(3)13-15-27)25-20-10-11-28(18-20)21-8-6-5-7-9-21/h5-9,19-20H,4,10-18H2,1-3H3,(H2,23,24,25). The molecule has 0 bridgehead atoms. The fourth-order valence-corrected chi connectivity index (χ4v) is 4.04. The molecule has 2 saturated heterocycles. The zero-order valence-electron chi connectivity index (χ0n) is 17.9. The van der Waals surface area contributed by atoms with Crippen molar-refractivity contribution in [2.75, 3.05) is 70.9 Å². The maximum atomic E-state index is 4.89. The smallest absolute Gasteiger partial charge is 0.191 e. The summed E-state index contributed by atoms with van der Waals surface area (Å²) in [5.41, 5.74) is 1.31. The number of hydrogen-bond acceptors (Lipinski definition) is 4. The molecule has 3 rings (SSSR count). The molecule has 0 spiro atoms. The summed E-state index contributed by atoms with van der Waals surface area (Å²) >= 11 is 0. The summed E-state index contributed by atoms with van der Waals surface area (Å²) in [7, 11) is 2.21. The van der Waals surface area contributed by atoms with Crippen molar-refractivity contribution in [3.05, 3.63) is 30.3 Å². The number of rotatable bonds is 7. The highest BCUT2D eigenvalue weighted by atomic mass is 15.3.